The fourth-order valence-electron chi connectivity index (χ4n) is 3.63. The number of likely N-dealkylation sites (tertiary alicyclic amines) is 1. The van der Waals surface area contributed by atoms with Crippen molar-refractivity contribution in [2.45, 2.75) is 51.6 Å². The predicted octanol–water partition coefficient (Wildman–Crippen LogP) is 1.90. The SMILES string of the molecule is COCCC(=O)N[C@H]1CN(Cc2cc(C3CC3)n[nH]2)C[C@@H]1C(C)C. The molecule has 2 atom stereocenters. The van der Waals surface area contributed by atoms with E-state index in [1.165, 1.54) is 24.2 Å². The molecule has 1 aromatic rings. The molecule has 6 nitrogen and oxygen atoms in total. The van der Waals surface area contributed by atoms with E-state index in [0.717, 1.165) is 19.6 Å². The zero-order chi connectivity index (χ0) is 17.1. The van der Waals surface area contributed by atoms with Gasteiger partial charge in [0.15, 0.2) is 0 Å². The molecular weight excluding hydrogens is 304 g/mol. The summed E-state index contributed by atoms with van der Waals surface area (Å²) < 4.78 is 5.00. The van der Waals surface area contributed by atoms with E-state index in [-0.39, 0.29) is 11.9 Å². The average Bonchev–Trinajstić information content (AvgIpc) is 3.16. The van der Waals surface area contributed by atoms with Crippen LogP contribution in [-0.4, -0.2) is 53.9 Å². The third-order valence-electron chi connectivity index (χ3n) is 5.22. The molecule has 1 aliphatic carbocycles. The molecule has 2 heterocycles. The van der Waals surface area contributed by atoms with Crippen LogP contribution in [0.4, 0.5) is 0 Å². The van der Waals surface area contributed by atoms with Crippen LogP contribution in [0.1, 0.15) is 50.4 Å². The molecule has 6 heteroatoms. The molecule has 1 aromatic heterocycles. The summed E-state index contributed by atoms with van der Waals surface area (Å²) in [5.74, 6) is 1.81. The summed E-state index contributed by atoms with van der Waals surface area (Å²) in [4.78, 5) is 14.5. The maximum Gasteiger partial charge on any atom is 0.222 e. The standard InChI is InChI=1S/C18H30N4O2/c1-12(2)15-10-22(11-17(15)19-18(23)6-7-24-3)9-14-8-16(21-20-14)13-4-5-13/h8,12-13,15,17H,4-7,9-11H2,1-3H3,(H,19,23)(H,20,21)/t15-,17+/m1/s1. The first-order chi connectivity index (χ1) is 11.6. The Morgan fingerprint density at radius 3 is 2.92 bits per heavy atom. The van der Waals surface area contributed by atoms with Crippen molar-refractivity contribution in [2.24, 2.45) is 11.8 Å². The molecule has 1 saturated carbocycles. The van der Waals surface area contributed by atoms with Gasteiger partial charge in [0.2, 0.25) is 5.91 Å². The molecule has 0 unspecified atom stereocenters. The van der Waals surface area contributed by atoms with Gasteiger partial charge in [-0.15, -0.1) is 0 Å². The first kappa shape index (κ1) is 17.4. The number of ether oxygens (including phenoxy) is 1. The fraction of sp³-hybridized carbons (Fsp3) is 0.778. The number of H-pyrrole nitrogens is 1. The number of carbonyl (C=O) groups is 1. The Hall–Kier alpha value is -1.40. The van der Waals surface area contributed by atoms with Crippen LogP contribution in [0.5, 0.6) is 0 Å². The van der Waals surface area contributed by atoms with Crippen LogP contribution in [0.25, 0.3) is 0 Å². The molecule has 1 amide bonds. The van der Waals surface area contributed by atoms with Gasteiger partial charge in [0.25, 0.3) is 0 Å². The molecule has 0 aromatic carbocycles. The summed E-state index contributed by atoms with van der Waals surface area (Å²) in [6.45, 7) is 7.76. The minimum absolute atomic E-state index is 0.0897. The van der Waals surface area contributed by atoms with Gasteiger partial charge in [0.1, 0.15) is 0 Å². The van der Waals surface area contributed by atoms with Gasteiger partial charge in [-0.3, -0.25) is 14.8 Å². The van der Waals surface area contributed by atoms with Gasteiger partial charge in [-0.25, -0.2) is 0 Å². The van der Waals surface area contributed by atoms with Gasteiger partial charge >= 0.3 is 0 Å². The van der Waals surface area contributed by atoms with Crippen molar-refractivity contribution in [1.29, 1.82) is 0 Å². The van der Waals surface area contributed by atoms with Crippen molar-refractivity contribution in [1.82, 2.24) is 20.4 Å². The molecule has 0 radical (unpaired) electrons. The smallest absolute Gasteiger partial charge is 0.222 e. The molecular formula is C18H30N4O2. The lowest BCUT2D eigenvalue weighted by Gasteiger charge is -2.22. The van der Waals surface area contributed by atoms with E-state index >= 15 is 0 Å². The lowest BCUT2D eigenvalue weighted by atomic mass is 9.91. The first-order valence-corrected chi connectivity index (χ1v) is 9.11. The molecule has 2 N–H and O–H groups in total. The van der Waals surface area contributed by atoms with Crippen molar-refractivity contribution in [3.8, 4) is 0 Å². The van der Waals surface area contributed by atoms with Gasteiger partial charge in [0, 0.05) is 50.8 Å². The molecule has 134 valence electrons. The van der Waals surface area contributed by atoms with E-state index in [4.69, 9.17) is 4.74 Å². The Balaban J connectivity index is 1.55. The van der Waals surface area contributed by atoms with Gasteiger partial charge in [-0.1, -0.05) is 13.8 Å². The van der Waals surface area contributed by atoms with Crippen molar-refractivity contribution in [3.63, 3.8) is 0 Å². The maximum absolute atomic E-state index is 12.1. The largest absolute Gasteiger partial charge is 0.384 e. The van der Waals surface area contributed by atoms with E-state index < -0.39 is 0 Å². The second kappa shape index (κ2) is 7.66. The summed E-state index contributed by atoms with van der Waals surface area (Å²) in [6, 6.07) is 2.44. The topological polar surface area (TPSA) is 70.2 Å². The molecule has 3 rings (SSSR count). The van der Waals surface area contributed by atoms with Crippen LogP contribution in [-0.2, 0) is 16.1 Å². The minimum atomic E-state index is 0.0897. The molecule has 24 heavy (non-hydrogen) atoms. The van der Waals surface area contributed by atoms with Gasteiger partial charge < -0.3 is 10.1 Å². The number of aromatic nitrogens is 2. The monoisotopic (exact) mass is 334 g/mol. The highest BCUT2D eigenvalue weighted by atomic mass is 16.5. The molecule has 0 bridgehead atoms. The molecule has 2 aliphatic rings. The predicted molar refractivity (Wildman–Crippen MR) is 92.6 cm³/mol. The number of rotatable bonds is 8. The van der Waals surface area contributed by atoms with E-state index in [9.17, 15) is 4.79 Å². The van der Waals surface area contributed by atoms with E-state index in [0.29, 0.717) is 30.8 Å². The van der Waals surface area contributed by atoms with Crippen molar-refractivity contribution < 1.29 is 9.53 Å². The zero-order valence-electron chi connectivity index (χ0n) is 15.0. The molecule has 0 spiro atoms. The van der Waals surface area contributed by atoms with Gasteiger partial charge in [-0.05, 0) is 30.7 Å². The fourth-order valence-corrected chi connectivity index (χ4v) is 3.63. The number of amides is 1. The number of nitrogens with zero attached hydrogens (tertiary/aromatic N) is 2. The summed E-state index contributed by atoms with van der Waals surface area (Å²) >= 11 is 0. The Bertz CT molecular complexity index is 553. The number of carbonyl (C=O) groups excluding carboxylic acids is 1. The number of hydrogen-bond donors (Lipinski definition) is 2. The highest BCUT2D eigenvalue weighted by Crippen LogP contribution is 2.39. The summed E-state index contributed by atoms with van der Waals surface area (Å²) in [5.41, 5.74) is 2.40. The van der Waals surface area contributed by atoms with Crippen LogP contribution >= 0.6 is 0 Å². The van der Waals surface area contributed by atoms with Gasteiger partial charge in [0.05, 0.1) is 12.3 Å². The Kier molecular flexibility index (Phi) is 5.56. The summed E-state index contributed by atoms with van der Waals surface area (Å²) in [6.07, 6.45) is 2.99. The van der Waals surface area contributed by atoms with Crippen LogP contribution in [0.15, 0.2) is 6.07 Å². The lowest BCUT2D eigenvalue weighted by molar-refractivity contribution is -0.122. The Morgan fingerprint density at radius 2 is 2.25 bits per heavy atom. The average molecular weight is 334 g/mol. The number of nitrogens with one attached hydrogen (secondary N) is 2. The van der Waals surface area contributed by atoms with Crippen molar-refractivity contribution in [2.75, 3.05) is 26.8 Å². The van der Waals surface area contributed by atoms with Crippen molar-refractivity contribution >= 4 is 5.91 Å². The lowest BCUT2D eigenvalue weighted by Crippen LogP contribution is -2.42. The normalized spacial score (nSPS) is 24.7. The zero-order valence-corrected chi connectivity index (χ0v) is 15.0. The second-order valence-electron chi connectivity index (χ2n) is 7.61. The Labute approximate surface area is 144 Å². The van der Waals surface area contributed by atoms with Crippen LogP contribution < -0.4 is 5.32 Å². The van der Waals surface area contributed by atoms with Crippen LogP contribution in [0.3, 0.4) is 0 Å². The molecule has 1 aliphatic heterocycles. The van der Waals surface area contributed by atoms with Crippen molar-refractivity contribution in [3.05, 3.63) is 17.5 Å². The van der Waals surface area contributed by atoms with E-state index in [1.54, 1.807) is 7.11 Å². The molecule has 1 saturated heterocycles. The first-order valence-electron chi connectivity index (χ1n) is 9.11. The number of methoxy groups -OCH3 is 1. The summed E-state index contributed by atoms with van der Waals surface area (Å²) in [7, 11) is 1.63. The van der Waals surface area contributed by atoms with Crippen LogP contribution in [0.2, 0.25) is 0 Å². The van der Waals surface area contributed by atoms with Gasteiger partial charge in [-0.2, -0.15) is 5.10 Å². The van der Waals surface area contributed by atoms with E-state index in [2.05, 4.69) is 40.3 Å². The van der Waals surface area contributed by atoms with E-state index in [1.807, 2.05) is 0 Å². The third-order valence-corrected chi connectivity index (χ3v) is 5.22. The number of aromatic amines is 1. The summed E-state index contributed by atoms with van der Waals surface area (Å²) in [5, 5.41) is 10.8. The molecule has 2 fully saturated rings. The maximum atomic E-state index is 12.1. The number of hydrogen-bond acceptors (Lipinski definition) is 4. The second-order valence-corrected chi connectivity index (χ2v) is 7.61. The third kappa shape index (κ3) is 4.36. The van der Waals surface area contributed by atoms with Crippen LogP contribution in [0, 0.1) is 11.8 Å². The Morgan fingerprint density at radius 1 is 1.46 bits per heavy atom. The quantitative estimate of drug-likeness (QED) is 0.762. The minimum Gasteiger partial charge on any atom is -0.384 e. The highest BCUT2D eigenvalue weighted by molar-refractivity contribution is 5.76. The highest BCUT2D eigenvalue weighted by Gasteiger charge is 2.35.